The van der Waals surface area contributed by atoms with Crippen LogP contribution in [0, 0.1) is 17.3 Å². The standard InChI is InChI=1S/C32H44N2O4S2/c1-6-25(39-23-15-11-14-22(19-23)33-28(35)20-12-9-8-10-13-20)29(36)34-30-27(31(37)38-7-2)24-17-16-21(32(3,4)5)18-26(24)40-30/h11,14-15,19-21,25H,6-10,12-13,16-18H2,1-5H3,(H,33,35)(H,34,36). The average molecular weight is 585 g/mol. The molecule has 6 nitrogen and oxygen atoms in total. The molecule has 2 aliphatic carbocycles. The predicted octanol–water partition coefficient (Wildman–Crippen LogP) is 8.10. The molecule has 0 bridgehead atoms. The fraction of sp³-hybridized carbons (Fsp3) is 0.594. The molecule has 40 heavy (non-hydrogen) atoms. The molecule has 2 aromatic rings. The lowest BCUT2D eigenvalue weighted by atomic mass is 9.72. The maximum absolute atomic E-state index is 13.5. The van der Waals surface area contributed by atoms with Gasteiger partial charge in [0.15, 0.2) is 0 Å². The van der Waals surface area contributed by atoms with Crippen LogP contribution in [0.5, 0.6) is 0 Å². The number of amides is 2. The van der Waals surface area contributed by atoms with Gasteiger partial charge in [-0.2, -0.15) is 0 Å². The number of esters is 1. The number of carbonyl (C=O) groups is 3. The number of carbonyl (C=O) groups excluding carboxylic acids is 3. The van der Waals surface area contributed by atoms with Crippen molar-refractivity contribution < 1.29 is 19.1 Å². The highest BCUT2D eigenvalue weighted by Gasteiger charge is 2.35. The third-order valence-electron chi connectivity index (χ3n) is 8.23. The van der Waals surface area contributed by atoms with Crippen LogP contribution in [0.3, 0.4) is 0 Å². The summed E-state index contributed by atoms with van der Waals surface area (Å²) in [6.07, 6.45) is 8.73. The van der Waals surface area contributed by atoms with Crippen LogP contribution in [0.4, 0.5) is 10.7 Å². The maximum Gasteiger partial charge on any atom is 0.341 e. The van der Waals surface area contributed by atoms with Crippen molar-refractivity contribution >= 4 is 51.6 Å². The number of thioether (sulfide) groups is 1. The number of hydrogen-bond acceptors (Lipinski definition) is 6. The van der Waals surface area contributed by atoms with Crippen LogP contribution in [0.15, 0.2) is 29.2 Å². The zero-order valence-corrected chi connectivity index (χ0v) is 26.2. The molecule has 2 amide bonds. The van der Waals surface area contributed by atoms with Gasteiger partial charge in [0.1, 0.15) is 5.00 Å². The lowest BCUT2D eigenvalue weighted by molar-refractivity contribution is -0.120. The van der Waals surface area contributed by atoms with Gasteiger partial charge in [-0.25, -0.2) is 4.79 Å². The number of hydrogen-bond donors (Lipinski definition) is 2. The summed E-state index contributed by atoms with van der Waals surface area (Å²) in [5.41, 5.74) is 2.53. The molecule has 218 valence electrons. The first-order valence-electron chi connectivity index (χ1n) is 14.8. The minimum Gasteiger partial charge on any atom is -0.462 e. The zero-order chi connectivity index (χ0) is 28.9. The van der Waals surface area contributed by atoms with Crippen LogP contribution < -0.4 is 10.6 Å². The fourth-order valence-corrected chi connectivity index (χ4v) is 8.10. The van der Waals surface area contributed by atoms with Crippen molar-refractivity contribution in [2.24, 2.45) is 17.3 Å². The number of benzene rings is 1. The molecule has 0 radical (unpaired) electrons. The van der Waals surface area contributed by atoms with Crippen LogP contribution >= 0.6 is 23.1 Å². The van der Waals surface area contributed by atoms with Crippen molar-refractivity contribution in [1.29, 1.82) is 0 Å². The second-order valence-corrected chi connectivity index (χ2v) is 14.5. The minimum absolute atomic E-state index is 0.0862. The summed E-state index contributed by atoms with van der Waals surface area (Å²) in [7, 11) is 0. The largest absolute Gasteiger partial charge is 0.462 e. The number of rotatable bonds is 9. The smallest absolute Gasteiger partial charge is 0.341 e. The van der Waals surface area contributed by atoms with Crippen molar-refractivity contribution in [2.75, 3.05) is 17.2 Å². The molecule has 1 heterocycles. The van der Waals surface area contributed by atoms with Crippen molar-refractivity contribution in [3.63, 3.8) is 0 Å². The van der Waals surface area contributed by atoms with E-state index in [1.807, 2.05) is 31.2 Å². The van der Waals surface area contributed by atoms with Gasteiger partial charge < -0.3 is 15.4 Å². The second kappa shape index (κ2) is 13.6. The molecule has 2 aliphatic rings. The number of anilines is 2. The summed E-state index contributed by atoms with van der Waals surface area (Å²) >= 11 is 3.01. The molecular weight excluding hydrogens is 540 g/mol. The van der Waals surface area contributed by atoms with E-state index < -0.39 is 0 Å². The molecule has 8 heteroatoms. The van der Waals surface area contributed by atoms with Crippen LogP contribution in [0.25, 0.3) is 0 Å². The maximum atomic E-state index is 13.5. The van der Waals surface area contributed by atoms with E-state index in [-0.39, 0.29) is 34.4 Å². The molecule has 2 N–H and O–H groups in total. The molecule has 2 atom stereocenters. The Balaban J connectivity index is 1.48. The van der Waals surface area contributed by atoms with Gasteiger partial charge in [0.05, 0.1) is 17.4 Å². The summed E-state index contributed by atoms with van der Waals surface area (Å²) in [5.74, 6) is 0.228. The molecule has 1 fully saturated rings. The van der Waals surface area contributed by atoms with Crippen LogP contribution in [0.1, 0.15) is 100 Å². The number of ether oxygens (including phenoxy) is 1. The van der Waals surface area contributed by atoms with Gasteiger partial charge in [0.25, 0.3) is 0 Å². The summed E-state index contributed by atoms with van der Waals surface area (Å²) in [5, 5.41) is 6.45. The Morgan fingerprint density at radius 2 is 1.82 bits per heavy atom. The predicted molar refractivity (Wildman–Crippen MR) is 165 cm³/mol. The van der Waals surface area contributed by atoms with Gasteiger partial charge in [0.2, 0.25) is 11.8 Å². The number of nitrogens with one attached hydrogen (secondary N) is 2. The molecule has 0 spiro atoms. The third kappa shape index (κ3) is 7.49. The lowest BCUT2D eigenvalue weighted by Gasteiger charge is -2.33. The minimum atomic E-state index is -0.355. The summed E-state index contributed by atoms with van der Waals surface area (Å²) in [6.45, 7) is 10.9. The topological polar surface area (TPSA) is 84.5 Å². The van der Waals surface area contributed by atoms with Gasteiger partial charge in [-0.3, -0.25) is 9.59 Å². The Morgan fingerprint density at radius 3 is 2.50 bits per heavy atom. The van der Waals surface area contributed by atoms with Gasteiger partial charge in [-0.15, -0.1) is 23.1 Å². The number of fused-ring (bicyclic) bond motifs is 1. The van der Waals surface area contributed by atoms with Crippen molar-refractivity contribution in [3.8, 4) is 0 Å². The van der Waals surface area contributed by atoms with Gasteiger partial charge in [0, 0.05) is 21.4 Å². The molecular formula is C32H44N2O4S2. The highest BCUT2D eigenvalue weighted by molar-refractivity contribution is 8.00. The summed E-state index contributed by atoms with van der Waals surface area (Å²) in [4.78, 5) is 41.4. The van der Waals surface area contributed by atoms with Gasteiger partial charge in [-0.1, -0.05) is 53.0 Å². The van der Waals surface area contributed by atoms with Gasteiger partial charge >= 0.3 is 5.97 Å². The highest BCUT2D eigenvalue weighted by Crippen LogP contribution is 2.45. The van der Waals surface area contributed by atoms with Crippen LogP contribution in [-0.4, -0.2) is 29.6 Å². The van der Waals surface area contributed by atoms with Crippen molar-refractivity contribution in [1.82, 2.24) is 0 Å². The Bertz CT molecular complexity index is 1210. The highest BCUT2D eigenvalue weighted by atomic mass is 32.2. The zero-order valence-electron chi connectivity index (χ0n) is 24.6. The van der Waals surface area contributed by atoms with Crippen molar-refractivity contribution in [2.45, 2.75) is 103 Å². The van der Waals surface area contributed by atoms with E-state index in [2.05, 4.69) is 31.4 Å². The molecule has 0 saturated heterocycles. The molecule has 2 unspecified atom stereocenters. The Labute approximate surface area is 247 Å². The molecule has 1 aromatic carbocycles. The first kappa shape index (κ1) is 30.6. The average Bonchev–Trinajstić information content (AvgIpc) is 3.29. The molecule has 1 aromatic heterocycles. The Kier molecular flexibility index (Phi) is 10.4. The quantitative estimate of drug-likeness (QED) is 0.230. The third-order valence-corrected chi connectivity index (χ3v) is 10.8. The Morgan fingerprint density at radius 1 is 1.07 bits per heavy atom. The normalized spacial score (nSPS) is 18.5. The Hall–Kier alpha value is -2.32. The summed E-state index contributed by atoms with van der Waals surface area (Å²) in [6, 6.07) is 7.74. The van der Waals surface area contributed by atoms with E-state index in [0.29, 0.717) is 29.5 Å². The molecule has 1 saturated carbocycles. The van der Waals surface area contributed by atoms with Crippen molar-refractivity contribution in [3.05, 3.63) is 40.3 Å². The van der Waals surface area contributed by atoms with E-state index in [9.17, 15) is 14.4 Å². The van der Waals surface area contributed by atoms with Crippen LogP contribution in [-0.2, 0) is 27.2 Å². The molecule has 4 rings (SSSR count). The van der Waals surface area contributed by atoms with E-state index >= 15 is 0 Å². The first-order valence-corrected chi connectivity index (χ1v) is 16.5. The molecule has 0 aliphatic heterocycles. The first-order chi connectivity index (χ1) is 19.1. The lowest BCUT2D eigenvalue weighted by Crippen LogP contribution is -2.27. The van der Waals surface area contributed by atoms with E-state index in [1.165, 1.54) is 34.4 Å². The number of thiophene rings is 1. The SMILES string of the molecule is CCOC(=O)c1c(NC(=O)C(CC)Sc2cccc(NC(=O)C3CCCCC3)c2)sc2c1CCC(C(C)(C)C)C2. The monoisotopic (exact) mass is 584 g/mol. The van der Waals surface area contributed by atoms with Gasteiger partial charge in [-0.05, 0) is 80.5 Å². The van der Waals surface area contributed by atoms with Crippen LogP contribution in [0.2, 0.25) is 0 Å². The fourth-order valence-electron chi connectivity index (χ4n) is 5.77. The summed E-state index contributed by atoms with van der Waals surface area (Å²) < 4.78 is 5.42. The second-order valence-electron chi connectivity index (χ2n) is 12.1. The van der Waals surface area contributed by atoms with E-state index in [1.54, 1.807) is 6.92 Å². The van der Waals surface area contributed by atoms with E-state index in [0.717, 1.165) is 61.1 Å². The van der Waals surface area contributed by atoms with E-state index in [4.69, 9.17) is 4.74 Å².